The van der Waals surface area contributed by atoms with Crippen LogP contribution >= 0.6 is 0 Å². The molecule has 1 aliphatic carbocycles. The van der Waals surface area contributed by atoms with E-state index in [9.17, 15) is 0 Å². The first-order valence-electron chi connectivity index (χ1n) is 17.0. The molecule has 1 aliphatic rings. The Hall–Kier alpha value is -6.12. The summed E-state index contributed by atoms with van der Waals surface area (Å²) in [7, 11) is 0. The topological polar surface area (TPSA) is 16.4 Å². The van der Waals surface area contributed by atoms with E-state index in [0.29, 0.717) is 0 Å². The van der Waals surface area contributed by atoms with Crippen molar-refractivity contribution in [2.45, 2.75) is 19.3 Å². The summed E-state index contributed by atoms with van der Waals surface area (Å²) in [6, 6.07) is 59.5. The Morgan fingerprint density at radius 2 is 1.06 bits per heavy atom. The summed E-state index contributed by atoms with van der Waals surface area (Å²) >= 11 is 0. The number of furan rings is 1. The van der Waals surface area contributed by atoms with Crippen molar-refractivity contribution in [2.24, 2.45) is 0 Å². The Bertz CT molecular complexity index is 2730. The molecule has 2 nitrogen and oxygen atoms in total. The Balaban J connectivity index is 1.21. The molecule has 0 amide bonds. The summed E-state index contributed by atoms with van der Waals surface area (Å²) in [5.74, 6) is 0. The second-order valence-corrected chi connectivity index (χ2v) is 13.8. The number of para-hydroxylation sites is 1. The van der Waals surface area contributed by atoms with Gasteiger partial charge in [0.25, 0.3) is 0 Å². The van der Waals surface area contributed by atoms with Crippen LogP contribution in [0.2, 0.25) is 0 Å². The summed E-state index contributed by atoms with van der Waals surface area (Å²) in [6.45, 7) is 4.70. The van der Waals surface area contributed by atoms with Gasteiger partial charge in [0, 0.05) is 38.6 Å². The average molecular weight is 628 g/mol. The summed E-state index contributed by atoms with van der Waals surface area (Å²) in [5, 5.41) is 7.18. The van der Waals surface area contributed by atoms with Crippen molar-refractivity contribution in [3.05, 3.63) is 175 Å². The fraction of sp³-hybridized carbons (Fsp3) is 0.0638. The molecule has 1 heterocycles. The van der Waals surface area contributed by atoms with E-state index in [1.54, 1.807) is 0 Å². The van der Waals surface area contributed by atoms with Crippen molar-refractivity contribution < 1.29 is 4.42 Å². The Labute approximate surface area is 285 Å². The van der Waals surface area contributed by atoms with E-state index in [1.165, 1.54) is 60.3 Å². The lowest BCUT2D eigenvalue weighted by atomic mass is 9.82. The van der Waals surface area contributed by atoms with Crippen molar-refractivity contribution >= 4 is 60.5 Å². The van der Waals surface area contributed by atoms with Crippen LogP contribution in [0.25, 0.3) is 65.7 Å². The van der Waals surface area contributed by atoms with E-state index in [-0.39, 0.29) is 5.41 Å². The van der Waals surface area contributed by atoms with Crippen LogP contribution < -0.4 is 4.90 Å². The highest BCUT2D eigenvalue weighted by Crippen LogP contribution is 2.51. The molecule has 49 heavy (non-hydrogen) atoms. The van der Waals surface area contributed by atoms with Gasteiger partial charge in [0.1, 0.15) is 11.2 Å². The first-order valence-corrected chi connectivity index (χ1v) is 17.0. The van der Waals surface area contributed by atoms with Crippen molar-refractivity contribution in [3.63, 3.8) is 0 Å². The van der Waals surface area contributed by atoms with Crippen molar-refractivity contribution in [1.82, 2.24) is 0 Å². The summed E-state index contributed by atoms with van der Waals surface area (Å²) < 4.78 is 6.35. The first kappa shape index (κ1) is 27.9. The maximum Gasteiger partial charge on any atom is 0.136 e. The van der Waals surface area contributed by atoms with E-state index in [4.69, 9.17) is 4.42 Å². The van der Waals surface area contributed by atoms with Crippen LogP contribution in [-0.4, -0.2) is 0 Å². The van der Waals surface area contributed by atoms with Crippen LogP contribution in [0.15, 0.2) is 168 Å². The fourth-order valence-corrected chi connectivity index (χ4v) is 8.20. The molecule has 0 aliphatic heterocycles. The van der Waals surface area contributed by atoms with Crippen LogP contribution in [0.1, 0.15) is 25.0 Å². The molecule has 0 radical (unpaired) electrons. The standard InChI is InChI=1S/C47H33NO/c1-47(2)41-14-8-6-12-37(41)38-26-25-36(29-42(38)47)48(34-22-18-31(19-23-34)30-10-4-3-5-11-30)35-24-20-32-16-17-33-21-27-44-46(45(33)40(32)28-35)39-13-7-9-15-43(39)49-44/h3-29H,1-2H3. The van der Waals surface area contributed by atoms with Gasteiger partial charge in [-0.15, -0.1) is 0 Å². The molecule has 0 atom stereocenters. The monoisotopic (exact) mass is 627 g/mol. The molecule has 0 spiro atoms. The summed E-state index contributed by atoms with van der Waals surface area (Å²) in [4.78, 5) is 2.42. The zero-order valence-electron chi connectivity index (χ0n) is 27.4. The second kappa shape index (κ2) is 10.4. The van der Waals surface area contributed by atoms with Gasteiger partial charge in [-0.2, -0.15) is 0 Å². The predicted octanol–water partition coefficient (Wildman–Crippen LogP) is 13.3. The maximum absolute atomic E-state index is 6.35. The van der Waals surface area contributed by atoms with Crippen molar-refractivity contribution in [2.75, 3.05) is 4.90 Å². The van der Waals surface area contributed by atoms with Crippen LogP contribution in [0.4, 0.5) is 17.1 Å². The van der Waals surface area contributed by atoms with Gasteiger partial charge in [0.15, 0.2) is 0 Å². The molecule has 8 aromatic carbocycles. The highest BCUT2D eigenvalue weighted by molar-refractivity contribution is 6.27. The van der Waals surface area contributed by atoms with Crippen LogP contribution in [-0.2, 0) is 5.41 Å². The van der Waals surface area contributed by atoms with Gasteiger partial charge >= 0.3 is 0 Å². The Morgan fingerprint density at radius 1 is 0.429 bits per heavy atom. The van der Waals surface area contributed by atoms with Gasteiger partial charge < -0.3 is 9.32 Å². The van der Waals surface area contributed by atoms with E-state index in [2.05, 4.69) is 176 Å². The molecule has 9 aromatic rings. The van der Waals surface area contributed by atoms with Crippen molar-refractivity contribution in [3.8, 4) is 22.3 Å². The average Bonchev–Trinajstić information content (AvgIpc) is 3.64. The zero-order chi connectivity index (χ0) is 32.7. The minimum absolute atomic E-state index is 0.0989. The highest BCUT2D eigenvalue weighted by Gasteiger charge is 2.35. The third kappa shape index (κ3) is 4.20. The number of anilines is 3. The molecular formula is C47H33NO. The zero-order valence-corrected chi connectivity index (χ0v) is 27.4. The van der Waals surface area contributed by atoms with Crippen LogP contribution in [0, 0.1) is 0 Å². The molecule has 232 valence electrons. The minimum Gasteiger partial charge on any atom is -0.456 e. The van der Waals surface area contributed by atoms with E-state index in [0.717, 1.165) is 33.6 Å². The Kier molecular flexibility index (Phi) is 5.95. The number of hydrogen-bond acceptors (Lipinski definition) is 2. The van der Waals surface area contributed by atoms with Crippen LogP contribution in [0.3, 0.4) is 0 Å². The minimum atomic E-state index is -0.0989. The molecule has 0 saturated carbocycles. The van der Waals surface area contributed by atoms with Gasteiger partial charge in [0.2, 0.25) is 0 Å². The molecule has 2 heteroatoms. The number of nitrogens with zero attached hydrogens (tertiary/aromatic N) is 1. The SMILES string of the molecule is CC1(C)c2ccccc2-c2ccc(N(c3ccc(-c4ccccc4)cc3)c3ccc4ccc5ccc6oc7ccccc7c6c5c4c3)cc21. The number of rotatable bonds is 4. The molecule has 0 unspecified atom stereocenters. The molecule has 1 aromatic heterocycles. The van der Waals surface area contributed by atoms with Gasteiger partial charge in [-0.25, -0.2) is 0 Å². The van der Waals surface area contributed by atoms with E-state index >= 15 is 0 Å². The molecule has 0 N–H and O–H groups in total. The fourth-order valence-electron chi connectivity index (χ4n) is 8.20. The predicted molar refractivity (Wildman–Crippen MR) is 206 cm³/mol. The third-order valence-electron chi connectivity index (χ3n) is 10.6. The van der Waals surface area contributed by atoms with E-state index < -0.39 is 0 Å². The molecule has 0 bridgehead atoms. The number of benzene rings is 8. The van der Waals surface area contributed by atoms with Gasteiger partial charge in [-0.3, -0.25) is 0 Å². The summed E-state index contributed by atoms with van der Waals surface area (Å²) in [6.07, 6.45) is 0. The molecular weight excluding hydrogens is 595 g/mol. The quantitative estimate of drug-likeness (QED) is 0.181. The van der Waals surface area contributed by atoms with Crippen LogP contribution in [0.5, 0.6) is 0 Å². The summed E-state index contributed by atoms with van der Waals surface area (Å²) in [5.41, 5.74) is 12.9. The molecule has 0 saturated heterocycles. The van der Waals surface area contributed by atoms with Crippen molar-refractivity contribution in [1.29, 1.82) is 0 Å². The smallest absolute Gasteiger partial charge is 0.136 e. The second-order valence-electron chi connectivity index (χ2n) is 13.8. The lowest BCUT2D eigenvalue weighted by Crippen LogP contribution is -2.16. The highest BCUT2D eigenvalue weighted by atomic mass is 16.3. The largest absolute Gasteiger partial charge is 0.456 e. The Morgan fingerprint density at radius 3 is 1.94 bits per heavy atom. The number of fused-ring (bicyclic) bond motifs is 10. The first-order chi connectivity index (χ1) is 24.0. The lowest BCUT2D eigenvalue weighted by molar-refractivity contribution is 0.660. The normalized spacial score (nSPS) is 13.3. The molecule has 0 fully saturated rings. The lowest BCUT2D eigenvalue weighted by Gasteiger charge is -2.28. The molecule has 10 rings (SSSR count). The van der Waals surface area contributed by atoms with E-state index in [1.807, 2.05) is 6.07 Å². The maximum atomic E-state index is 6.35. The third-order valence-corrected chi connectivity index (χ3v) is 10.6. The van der Waals surface area contributed by atoms with Gasteiger partial charge in [0.05, 0.1) is 0 Å². The van der Waals surface area contributed by atoms with Gasteiger partial charge in [-0.1, -0.05) is 129 Å². The number of hydrogen-bond donors (Lipinski definition) is 0. The van der Waals surface area contributed by atoms with Gasteiger partial charge in [-0.05, 0) is 98.1 Å².